The molecular formula is C18H17NO2. The van der Waals surface area contributed by atoms with Crippen LogP contribution in [0.1, 0.15) is 22.3 Å². The van der Waals surface area contributed by atoms with E-state index in [1.807, 2.05) is 30.3 Å². The van der Waals surface area contributed by atoms with Crippen molar-refractivity contribution in [1.29, 1.82) is 0 Å². The summed E-state index contributed by atoms with van der Waals surface area (Å²) in [7, 11) is 0. The molecule has 0 bridgehead atoms. The topological polar surface area (TPSA) is 55.5 Å². The Hall–Kier alpha value is -2.28. The number of fused-ring (bicyclic) bond motifs is 1. The minimum Gasteiger partial charge on any atom is -0.492 e. The molecule has 106 valence electrons. The van der Waals surface area contributed by atoms with Gasteiger partial charge in [-0.1, -0.05) is 18.1 Å². The number of ether oxygens (including phenoxy) is 1. The summed E-state index contributed by atoms with van der Waals surface area (Å²) in [6.45, 7) is 1.04. The Balaban J connectivity index is 2.18. The predicted octanol–water partition coefficient (Wildman–Crippen LogP) is 2.22. The van der Waals surface area contributed by atoms with Crippen LogP contribution in [0.2, 0.25) is 0 Å². The predicted molar refractivity (Wildman–Crippen MR) is 82.8 cm³/mol. The summed E-state index contributed by atoms with van der Waals surface area (Å²) in [5, 5.41) is 9.61. The highest BCUT2D eigenvalue weighted by Crippen LogP contribution is 2.40. The Labute approximate surface area is 124 Å². The van der Waals surface area contributed by atoms with E-state index >= 15 is 0 Å². The third-order valence-electron chi connectivity index (χ3n) is 3.93. The summed E-state index contributed by atoms with van der Waals surface area (Å²) in [6, 6.07) is 9.83. The molecular weight excluding hydrogens is 262 g/mol. The first-order valence-electron chi connectivity index (χ1n) is 6.97. The molecule has 1 aliphatic rings. The zero-order valence-corrected chi connectivity index (χ0v) is 11.7. The normalized spacial score (nSPS) is 12.6. The van der Waals surface area contributed by atoms with Gasteiger partial charge in [0.2, 0.25) is 0 Å². The fourth-order valence-electron chi connectivity index (χ4n) is 2.84. The summed E-state index contributed by atoms with van der Waals surface area (Å²) in [4.78, 5) is 0. The molecule has 2 aromatic rings. The van der Waals surface area contributed by atoms with Crippen LogP contribution in [0.15, 0.2) is 30.3 Å². The van der Waals surface area contributed by atoms with Gasteiger partial charge in [0.05, 0.1) is 13.2 Å². The van der Waals surface area contributed by atoms with Gasteiger partial charge >= 0.3 is 0 Å². The second-order valence-corrected chi connectivity index (χ2v) is 5.05. The van der Waals surface area contributed by atoms with Crippen molar-refractivity contribution < 1.29 is 9.84 Å². The lowest BCUT2D eigenvalue weighted by atomic mass is 9.92. The molecule has 0 unspecified atom stereocenters. The van der Waals surface area contributed by atoms with Crippen LogP contribution in [0, 0.1) is 12.3 Å². The maximum atomic E-state index is 9.61. The second kappa shape index (κ2) is 5.61. The van der Waals surface area contributed by atoms with Crippen LogP contribution in [0.3, 0.4) is 0 Å². The van der Waals surface area contributed by atoms with Crippen LogP contribution in [0.4, 0.5) is 0 Å². The van der Waals surface area contributed by atoms with E-state index < -0.39 is 0 Å². The molecule has 0 atom stereocenters. The van der Waals surface area contributed by atoms with E-state index in [-0.39, 0.29) is 6.61 Å². The van der Waals surface area contributed by atoms with Gasteiger partial charge in [-0.25, -0.2) is 0 Å². The number of hydrogen-bond acceptors (Lipinski definition) is 3. The van der Waals surface area contributed by atoms with Crippen molar-refractivity contribution in [3.05, 3.63) is 52.6 Å². The largest absolute Gasteiger partial charge is 0.492 e. The summed E-state index contributed by atoms with van der Waals surface area (Å²) in [5.74, 6) is 3.48. The van der Waals surface area contributed by atoms with Crippen molar-refractivity contribution in [2.45, 2.75) is 19.6 Å². The van der Waals surface area contributed by atoms with Crippen LogP contribution in [0.5, 0.6) is 5.75 Å². The van der Waals surface area contributed by atoms with Crippen molar-refractivity contribution in [2.75, 3.05) is 6.61 Å². The molecule has 1 heterocycles. The van der Waals surface area contributed by atoms with E-state index in [2.05, 4.69) is 5.92 Å². The Kier molecular flexibility index (Phi) is 3.66. The minimum atomic E-state index is -0.00542. The first-order valence-corrected chi connectivity index (χ1v) is 6.97. The average molecular weight is 279 g/mol. The lowest BCUT2D eigenvalue weighted by Crippen LogP contribution is -2.05. The number of benzene rings is 2. The molecule has 0 spiro atoms. The number of rotatable bonds is 3. The van der Waals surface area contributed by atoms with Crippen molar-refractivity contribution in [3.63, 3.8) is 0 Å². The van der Waals surface area contributed by atoms with Crippen LogP contribution >= 0.6 is 0 Å². The van der Waals surface area contributed by atoms with Crippen LogP contribution in [-0.4, -0.2) is 11.7 Å². The molecule has 0 fully saturated rings. The molecule has 3 heteroatoms. The third kappa shape index (κ3) is 2.29. The van der Waals surface area contributed by atoms with Crippen molar-refractivity contribution >= 4 is 0 Å². The molecule has 0 radical (unpaired) electrons. The van der Waals surface area contributed by atoms with Crippen molar-refractivity contribution in [1.82, 2.24) is 0 Å². The van der Waals surface area contributed by atoms with Crippen LogP contribution in [0.25, 0.3) is 11.1 Å². The number of aliphatic hydroxyl groups is 1. The zero-order valence-electron chi connectivity index (χ0n) is 11.7. The summed E-state index contributed by atoms with van der Waals surface area (Å²) in [5.41, 5.74) is 11.7. The maximum absolute atomic E-state index is 9.61. The molecule has 0 saturated carbocycles. The quantitative estimate of drug-likeness (QED) is 0.847. The van der Waals surface area contributed by atoms with Gasteiger partial charge in [-0.15, -0.1) is 6.42 Å². The Morgan fingerprint density at radius 3 is 2.67 bits per heavy atom. The number of hydrogen-bond donors (Lipinski definition) is 2. The van der Waals surface area contributed by atoms with Gasteiger partial charge in [0.25, 0.3) is 0 Å². The highest BCUT2D eigenvalue weighted by atomic mass is 16.5. The van der Waals surface area contributed by atoms with Crippen molar-refractivity contribution in [3.8, 4) is 29.2 Å². The lowest BCUT2D eigenvalue weighted by Gasteiger charge is -2.15. The summed E-state index contributed by atoms with van der Waals surface area (Å²) in [6.07, 6.45) is 6.21. The maximum Gasteiger partial charge on any atom is 0.130 e. The van der Waals surface area contributed by atoms with Gasteiger partial charge < -0.3 is 15.6 Å². The molecule has 0 saturated heterocycles. The lowest BCUT2D eigenvalue weighted by molar-refractivity contribution is 0.279. The Morgan fingerprint density at radius 2 is 2.05 bits per heavy atom. The van der Waals surface area contributed by atoms with Gasteiger partial charge in [0.1, 0.15) is 5.75 Å². The first kappa shape index (κ1) is 13.7. The summed E-state index contributed by atoms with van der Waals surface area (Å²) >= 11 is 0. The van der Waals surface area contributed by atoms with Crippen LogP contribution < -0.4 is 10.5 Å². The summed E-state index contributed by atoms with van der Waals surface area (Å²) < 4.78 is 5.79. The molecule has 0 aromatic heterocycles. The van der Waals surface area contributed by atoms with Gasteiger partial charge in [0, 0.05) is 29.7 Å². The average Bonchev–Trinajstić information content (AvgIpc) is 3.02. The standard InChI is InChI=1S/C18H17NO2/c1-2-12-3-5-13(6-4-12)16-9-14(10-19)17(11-20)15-7-8-21-18(15)16/h1,3-6,9,20H,7-8,10-11,19H2. The third-order valence-corrected chi connectivity index (χ3v) is 3.93. The van der Waals surface area contributed by atoms with Gasteiger partial charge in [-0.3, -0.25) is 0 Å². The van der Waals surface area contributed by atoms with E-state index in [0.29, 0.717) is 13.2 Å². The monoisotopic (exact) mass is 279 g/mol. The van der Waals surface area contributed by atoms with E-state index in [9.17, 15) is 5.11 Å². The van der Waals surface area contributed by atoms with Gasteiger partial charge in [-0.2, -0.15) is 0 Å². The highest BCUT2D eigenvalue weighted by Gasteiger charge is 2.23. The molecule has 1 aliphatic heterocycles. The Morgan fingerprint density at radius 1 is 1.29 bits per heavy atom. The molecule has 21 heavy (non-hydrogen) atoms. The van der Waals surface area contributed by atoms with E-state index in [4.69, 9.17) is 16.9 Å². The highest BCUT2D eigenvalue weighted by molar-refractivity contribution is 5.75. The minimum absolute atomic E-state index is 0.00542. The molecule has 0 aliphatic carbocycles. The molecule has 3 rings (SSSR count). The van der Waals surface area contributed by atoms with Gasteiger partial charge in [-0.05, 0) is 34.9 Å². The zero-order chi connectivity index (χ0) is 14.8. The van der Waals surface area contributed by atoms with Crippen molar-refractivity contribution in [2.24, 2.45) is 5.73 Å². The SMILES string of the molecule is C#Cc1ccc(-c2cc(CN)c(CO)c3c2OCC3)cc1. The molecule has 0 amide bonds. The second-order valence-electron chi connectivity index (χ2n) is 5.05. The fourth-order valence-corrected chi connectivity index (χ4v) is 2.84. The molecule has 2 aromatic carbocycles. The Bertz CT molecular complexity index is 711. The van der Waals surface area contributed by atoms with Crippen LogP contribution in [-0.2, 0) is 19.6 Å². The van der Waals surface area contributed by atoms with E-state index in [0.717, 1.165) is 45.6 Å². The number of nitrogens with two attached hydrogens (primary N) is 1. The number of terminal acetylenes is 1. The van der Waals surface area contributed by atoms with E-state index in [1.54, 1.807) is 0 Å². The smallest absolute Gasteiger partial charge is 0.130 e. The van der Waals surface area contributed by atoms with Gasteiger partial charge in [0.15, 0.2) is 0 Å². The molecule has 3 N–H and O–H groups in total. The fraction of sp³-hybridized carbons (Fsp3) is 0.222. The van der Waals surface area contributed by atoms with E-state index in [1.165, 1.54) is 0 Å². The number of aliphatic hydroxyl groups excluding tert-OH is 1. The first-order chi connectivity index (χ1) is 10.3. The molecule has 3 nitrogen and oxygen atoms in total.